The van der Waals surface area contributed by atoms with E-state index >= 15 is 0 Å². The molecule has 0 saturated heterocycles. The minimum atomic E-state index is -0.235. The third-order valence-corrected chi connectivity index (χ3v) is 5.18. The van der Waals surface area contributed by atoms with Crippen LogP contribution in [0.2, 0.25) is 5.02 Å². The molecule has 0 radical (unpaired) electrons. The number of hydrogen-bond acceptors (Lipinski definition) is 4. The van der Waals surface area contributed by atoms with E-state index in [0.29, 0.717) is 10.2 Å². The van der Waals surface area contributed by atoms with Crippen LogP contribution in [-0.4, -0.2) is 17.4 Å². The van der Waals surface area contributed by atoms with Crippen molar-refractivity contribution in [3.63, 3.8) is 0 Å². The highest BCUT2D eigenvalue weighted by molar-refractivity contribution is 7.13. The van der Waals surface area contributed by atoms with Gasteiger partial charge in [0.1, 0.15) is 0 Å². The lowest BCUT2D eigenvalue weighted by atomic mass is 9.84. The first-order valence-corrected chi connectivity index (χ1v) is 8.98. The van der Waals surface area contributed by atoms with E-state index in [-0.39, 0.29) is 18.0 Å². The lowest BCUT2D eigenvalue weighted by molar-refractivity contribution is -0.115. The lowest BCUT2D eigenvalue weighted by Gasteiger charge is -2.33. The second-order valence-electron chi connectivity index (χ2n) is 5.49. The van der Waals surface area contributed by atoms with E-state index in [9.17, 15) is 4.79 Å². The Kier molecular flexibility index (Phi) is 6.16. The van der Waals surface area contributed by atoms with E-state index in [1.54, 1.807) is 0 Å². The molecule has 1 aromatic carbocycles. The molecule has 0 aliphatic carbocycles. The molecule has 0 atom stereocenters. The summed E-state index contributed by atoms with van der Waals surface area (Å²) in [7, 11) is 0. The molecular weight excluding hydrogens is 330 g/mol. The zero-order chi connectivity index (χ0) is 16.9. The summed E-state index contributed by atoms with van der Waals surface area (Å²) in [4.78, 5) is 16.4. The number of nitrogens with one attached hydrogen (secondary N) is 2. The highest BCUT2D eigenvalue weighted by Crippen LogP contribution is 2.29. The standard InChI is InChI=1S/C17H22ClN3OS/c1-4-17(5-2,13-6-8-14(18)9-7-13)19-10-15(22)21-16-20-12(3)11-23-16/h6-9,11,19H,4-5,10H2,1-3H3,(H,20,21,22). The van der Waals surface area contributed by atoms with Gasteiger partial charge in [-0.05, 0) is 37.5 Å². The largest absolute Gasteiger partial charge is 0.301 e. The summed E-state index contributed by atoms with van der Waals surface area (Å²) in [5.41, 5.74) is 1.82. The number of amides is 1. The SMILES string of the molecule is CCC(CC)(NCC(=O)Nc1nc(C)cs1)c1ccc(Cl)cc1. The summed E-state index contributed by atoms with van der Waals surface area (Å²) in [5, 5.41) is 9.51. The third-order valence-electron chi connectivity index (χ3n) is 4.06. The maximum Gasteiger partial charge on any atom is 0.240 e. The van der Waals surface area contributed by atoms with Crippen molar-refractivity contribution in [2.45, 2.75) is 39.2 Å². The molecule has 124 valence electrons. The number of rotatable bonds is 7. The number of halogens is 1. The third kappa shape index (κ3) is 4.53. The summed E-state index contributed by atoms with van der Waals surface area (Å²) in [5.74, 6) is -0.0837. The van der Waals surface area contributed by atoms with Gasteiger partial charge >= 0.3 is 0 Å². The van der Waals surface area contributed by atoms with Crippen LogP contribution in [0, 0.1) is 6.92 Å². The van der Waals surface area contributed by atoms with Gasteiger partial charge in [0, 0.05) is 15.9 Å². The molecule has 0 spiro atoms. The lowest BCUT2D eigenvalue weighted by Crippen LogP contribution is -2.45. The van der Waals surface area contributed by atoms with Crippen LogP contribution in [0.1, 0.15) is 37.9 Å². The highest BCUT2D eigenvalue weighted by atomic mass is 35.5. The number of aromatic nitrogens is 1. The molecule has 0 aliphatic heterocycles. The summed E-state index contributed by atoms with van der Waals surface area (Å²) in [6, 6.07) is 7.81. The summed E-state index contributed by atoms with van der Waals surface area (Å²) >= 11 is 7.41. The quantitative estimate of drug-likeness (QED) is 0.779. The predicted octanol–water partition coefficient (Wildman–Crippen LogP) is 4.35. The fourth-order valence-corrected chi connectivity index (χ4v) is 3.43. The predicted molar refractivity (Wildman–Crippen MR) is 97.2 cm³/mol. The van der Waals surface area contributed by atoms with E-state index in [4.69, 9.17) is 11.6 Å². The number of carbonyl (C=O) groups is 1. The highest BCUT2D eigenvalue weighted by Gasteiger charge is 2.28. The molecule has 4 nitrogen and oxygen atoms in total. The molecule has 6 heteroatoms. The van der Waals surface area contributed by atoms with Crippen LogP contribution in [0.25, 0.3) is 0 Å². The van der Waals surface area contributed by atoms with Gasteiger partial charge in [0.15, 0.2) is 5.13 Å². The van der Waals surface area contributed by atoms with E-state index < -0.39 is 0 Å². The first kappa shape index (κ1) is 17.9. The molecule has 1 amide bonds. The molecule has 0 aliphatic rings. The minimum absolute atomic E-state index is 0.0837. The monoisotopic (exact) mass is 351 g/mol. The molecule has 2 aromatic rings. The molecule has 2 N–H and O–H groups in total. The first-order valence-electron chi connectivity index (χ1n) is 7.72. The zero-order valence-corrected chi connectivity index (χ0v) is 15.2. The topological polar surface area (TPSA) is 54.0 Å². The molecule has 0 fully saturated rings. The van der Waals surface area contributed by atoms with Crippen LogP contribution in [0.4, 0.5) is 5.13 Å². The molecular formula is C17H22ClN3OS. The number of nitrogens with zero attached hydrogens (tertiary/aromatic N) is 1. The Morgan fingerprint density at radius 1 is 1.26 bits per heavy atom. The van der Waals surface area contributed by atoms with Crippen molar-refractivity contribution in [1.29, 1.82) is 0 Å². The molecule has 1 aromatic heterocycles. The van der Waals surface area contributed by atoms with Crippen LogP contribution in [0.5, 0.6) is 0 Å². The Hall–Kier alpha value is -1.43. The normalized spacial score (nSPS) is 11.5. The minimum Gasteiger partial charge on any atom is -0.301 e. The van der Waals surface area contributed by atoms with Crippen LogP contribution in [0.15, 0.2) is 29.6 Å². The van der Waals surface area contributed by atoms with Gasteiger partial charge in [0.05, 0.1) is 12.2 Å². The Morgan fingerprint density at radius 2 is 1.91 bits per heavy atom. The Morgan fingerprint density at radius 3 is 2.43 bits per heavy atom. The van der Waals surface area contributed by atoms with Crippen LogP contribution >= 0.6 is 22.9 Å². The maximum absolute atomic E-state index is 12.2. The van der Waals surface area contributed by atoms with Crippen molar-refractivity contribution < 1.29 is 4.79 Å². The number of benzene rings is 1. The average molecular weight is 352 g/mol. The van der Waals surface area contributed by atoms with Gasteiger partial charge in [-0.25, -0.2) is 4.98 Å². The number of hydrogen-bond donors (Lipinski definition) is 2. The Balaban J connectivity index is 2.04. The van der Waals surface area contributed by atoms with Gasteiger partial charge in [-0.1, -0.05) is 37.6 Å². The second kappa shape index (κ2) is 7.90. The zero-order valence-electron chi connectivity index (χ0n) is 13.6. The first-order chi connectivity index (χ1) is 11.0. The van der Waals surface area contributed by atoms with E-state index in [2.05, 4.69) is 29.5 Å². The molecule has 1 heterocycles. The Labute approximate surface area is 146 Å². The molecule has 23 heavy (non-hydrogen) atoms. The van der Waals surface area contributed by atoms with Gasteiger partial charge in [0.25, 0.3) is 0 Å². The molecule has 0 bridgehead atoms. The molecule has 2 rings (SSSR count). The van der Waals surface area contributed by atoms with Gasteiger partial charge in [0.2, 0.25) is 5.91 Å². The number of thiazole rings is 1. The van der Waals surface area contributed by atoms with Gasteiger partial charge in [-0.15, -0.1) is 11.3 Å². The fraction of sp³-hybridized carbons (Fsp3) is 0.412. The smallest absolute Gasteiger partial charge is 0.240 e. The average Bonchev–Trinajstić information content (AvgIpc) is 2.95. The Bertz CT molecular complexity index is 650. The van der Waals surface area contributed by atoms with Crippen molar-refractivity contribution in [3.05, 3.63) is 45.9 Å². The van der Waals surface area contributed by atoms with Crippen LogP contribution in [0.3, 0.4) is 0 Å². The van der Waals surface area contributed by atoms with Gasteiger partial charge < -0.3 is 5.32 Å². The molecule has 0 unspecified atom stereocenters. The van der Waals surface area contributed by atoms with Crippen LogP contribution in [-0.2, 0) is 10.3 Å². The van der Waals surface area contributed by atoms with Crippen molar-refractivity contribution in [1.82, 2.24) is 10.3 Å². The van der Waals surface area contributed by atoms with E-state index in [1.807, 2.05) is 36.6 Å². The summed E-state index contributed by atoms with van der Waals surface area (Å²) < 4.78 is 0. The summed E-state index contributed by atoms with van der Waals surface area (Å²) in [6.07, 6.45) is 1.77. The summed E-state index contributed by atoms with van der Waals surface area (Å²) in [6.45, 7) is 6.38. The van der Waals surface area contributed by atoms with E-state index in [1.165, 1.54) is 11.3 Å². The number of anilines is 1. The number of carbonyl (C=O) groups excluding carboxylic acids is 1. The van der Waals surface area contributed by atoms with Crippen molar-refractivity contribution in [3.8, 4) is 0 Å². The fourth-order valence-electron chi connectivity index (χ4n) is 2.60. The van der Waals surface area contributed by atoms with Gasteiger partial charge in [-0.3, -0.25) is 10.1 Å². The molecule has 0 saturated carbocycles. The van der Waals surface area contributed by atoms with Crippen molar-refractivity contribution in [2.24, 2.45) is 0 Å². The second-order valence-corrected chi connectivity index (χ2v) is 6.79. The van der Waals surface area contributed by atoms with Gasteiger partial charge in [-0.2, -0.15) is 0 Å². The van der Waals surface area contributed by atoms with Crippen LogP contribution < -0.4 is 10.6 Å². The van der Waals surface area contributed by atoms with Crippen molar-refractivity contribution in [2.75, 3.05) is 11.9 Å². The number of aryl methyl sites for hydroxylation is 1. The maximum atomic E-state index is 12.2. The van der Waals surface area contributed by atoms with E-state index in [0.717, 1.165) is 24.1 Å². The van der Waals surface area contributed by atoms with Crippen molar-refractivity contribution >= 4 is 34.0 Å².